The Morgan fingerprint density at radius 1 is 0.889 bits per heavy atom. The summed E-state index contributed by atoms with van der Waals surface area (Å²) in [5.41, 5.74) is 10.3. The van der Waals surface area contributed by atoms with E-state index < -0.39 is 5.91 Å². The summed E-state index contributed by atoms with van der Waals surface area (Å²) in [6.45, 7) is 7.79. The quantitative estimate of drug-likeness (QED) is 0.618. The molecule has 0 aliphatic rings. The first-order valence-electron chi connectivity index (χ1n) is 8.76. The molecule has 3 N–H and O–H groups in total. The molecule has 1 aromatic heterocycles. The van der Waals surface area contributed by atoms with Crippen LogP contribution in [-0.4, -0.2) is 18.4 Å². The third-order valence-corrected chi connectivity index (χ3v) is 4.51. The van der Waals surface area contributed by atoms with Gasteiger partial charge in [-0.25, -0.2) is 0 Å². The van der Waals surface area contributed by atoms with E-state index in [1.54, 1.807) is 0 Å². The number of aryl methyl sites for hydroxylation is 4. The number of fused-ring (bicyclic) bond motifs is 1. The predicted octanol–water partition coefficient (Wildman–Crippen LogP) is 3.54. The average Bonchev–Trinajstić information content (AvgIpc) is 3.01. The third kappa shape index (κ3) is 3.95. The zero-order valence-corrected chi connectivity index (χ0v) is 15.9. The molecule has 2 amide bonds. The Kier molecular flexibility index (Phi) is 5.16. The fraction of sp³-hybridized carbons (Fsp3) is 0.238. The van der Waals surface area contributed by atoms with Gasteiger partial charge >= 0.3 is 5.91 Å². The predicted molar refractivity (Wildman–Crippen MR) is 106 cm³/mol. The van der Waals surface area contributed by atoms with Crippen LogP contribution < -0.4 is 16.2 Å². The molecule has 0 atom stereocenters. The lowest BCUT2D eigenvalue weighted by Crippen LogP contribution is -2.44. The minimum atomic E-state index is -0.480. The highest BCUT2D eigenvalue weighted by molar-refractivity contribution is 6.01. The third-order valence-electron chi connectivity index (χ3n) is 4.51. The van der Waals surface area contributed by atoms with Crippen LogP contribution in [0.5, 0.6) is 0 Å². The molecule has 27 heavy (non-hydrogen) atoms. The van der Waals surface area contributed by atoms with Gasteiger partial charge in [-0.1, -0.05) is 29.8 Å². The summed E-state index contributed by atoms with van der Waals surface area (Å²) in [5.74, 6) is -0.634. The van der Waals surface area contributed by atoms with E-state index in [0.717, 1.165) is 33.3 Å². The van der Waals surface area contributed by atoms with Crippen LogP contribution in [0.1, 0.15) is 32.8 Å². The van der Waals surface area contributed by atoms with Crippen molar-refractivity contribution in [2.24, 2.45) is 0 Å². The Morgan fingerprint density at radius 3 is 2.22 bits per heavy atom. The molecule has 3 aromatic rings. The first-order valence-corrected chi connectivity index (χ1v) is 8.76. The Labute approximate surface area is 157 Å². The number of benzene rings is 2. The maximum absolute atomic E-state index is 12.4. The highest BCUT2D eigenvalue weighted by atomic mass is 16.3. The lowest BCUT2D eigenvalue weighted by molar-refractivity contribution is -0.120. The van der Waals surface area contributed by atoms with Crippen LogP contribution in [0.25, 0.3) is 11.0 Å². The SMILES string of the molecule is Cc1ccc(NCC(=O)NNC(=O)c2oc3c(C)ccc(C)c3c2C)cc1. The topological polar surface area (TPSA) is 83.4 Å². The van der Waals surface area contributed by atoms with E-state index in [1.807, 2.05) is 64.1 Å². The molecule has 2 aromatic carbocycles. The van der Waals surface area contributed by atoms with Crippen LogP contribution in [0.15, 0.2) is 40.8 Å². The number of hydrazine groups is 1. The van der Waals surface area contributed by atoms with Gasteiger partial charge in [0, 0.05) is 16.6 Å². The second kappa shape index (κ2) is 7.53. The molecular weight excluding hydrogens is 342 g/mol. The van der Waals surface area contributed by atoms with Gasteiger partial charge in [0.2, 0.25) is 0 Å². The minimum absolute atomic E-state index is 0.0423. The normalized spacial score (nSPS) is 10.7. The fourth-order valence-corrected chi connectivity index (χ4v) is 2.97. The highest BCUT2D eigenvalue weighted by Crippen LogP contribution is 2.30. The monoisotopic (exact) mass is 365 g/mol. The molecule has 0 saturated carbocycles. The molecule has 0 bridgehead atoms. The van der Waals surface area contributed by atoms with Gasteiger partial charge < -0.3 is 9.73 Å². The first kappa shape index (κ1) is 18.5. The average molecular weight is 365 g/mol. The first-order chi connectivity index (χ1) is 12.9. The van der Waals surface area contributed by atoms with Crippen molar-refractivity contribution in [1.29, 1.82) is 0 Å². The maximum Gasteiger partial charge on any atom is 0.305 e. The Balaban J connectivity index is 1.62. The molecule has 1 heterocycles. The van der Waals surface area contributed by atoms with Crippen molar-refractivity contribution in [2.45, 2.75) is 27.7 Å². The molecule has 0 aliphatic heterocycles. The highest BCUT2D eigenvalue weighted by Gasteiger charge is 2.20. The van der Waals surface area contributed by atoms with Crippen molar-refractivity contribution in [1.82, 2.24) is 10.9 Å². The summed E-state index contributed by atoms with van der Waals surface area (Å²) >= 11 is 0. The number of carbonyl (C=O) groups is 2. The smallest absolute Gasteiger partial charge is 0.305 e. The second-order valence-electron chi connectivity index (χ2n) is 6.68. The molecule has 0 spiro atoms. The number of hydrogen-bond acceptors (Lipinski definition) is 4. The van der Waals surface area contributed by atoms with Crippen molar-refractivity contribution >= 4 is 28.5 Å². The van der Waals surface area contributed by atoms with Crippen LogP contribution in [0, 0.1) is 27.7 Å². The molecule has 6 heteroatoms. The molecule has 0 aliphatic carbocycles. The molecule has 0 radical (unpaired) electrons. The van der Waals surface area contributed by atoms with Gasteiger partial charge in [0.05, 0.1) is 6.54 Å². The van der Waals surface area contributed by atoms with Crippen molar-refractivity contribution in [3.05, 3.63) is 64.4 Å². The maximum atomic E-state index is 12.4. The van der Waals surface area contributed by atoms with Gasteiger partial charge in [0.25, 0.3) is 5.91 Å². The van der Waals surface area contributed by atoms with E-state index in [2.05, 4.69) is 16.2 Å². The van der Waals surface area contributed by atoms with E-state index in [1.165, 1.54) is 0 Å². The zero-order valence-electron chi connectivity index (χ0n) is 15.9. The van der Waals surface area contributed by atoms with Gasteiger partial charge in [0.1, 0.15) is 5.58 Å². The largest absolute Gasteiger partial charge is 0.450 e. The molecular formula is C21H23N3O3. The number of nitrogens with one attached hydrogen (secondary N) is 3. The lowest BCUT2D eigenvalue weighted by atomic mass is 10.0. The minimum Gasteiger partial charge on any atom is -0.450 e. The molecule has 6 nitrogen and oxygen atoms in total. The molecule has 0 saturated heterocycles. The van der Waals surface area contributed by atoms with Gasteiger partial charge in [-0.2, -0.15) is 0 Å². The van der Waals surface area contributed by atoms with Crippen LogP contribution in [0.2, 0.25) is 0 Å². The summed E-state index contributed by atoms with van der Waals surface area (Å²) in [6.07, 6.45) is 0. The van der Waals surface area contributed by atoms with Crippen LogP contribution in [-0.2, 0) is 4.79 Å². The summed E-state index contributed by atoms with van der Waals surface area (Å²) in [4.78, 5) is 24.4. The van der Waals surface area contributed by atoms with Crippen molar-refractivity contribution in [2.75, 3.05) is 11.9 Å². The van der Waals surface area contributed by atoms with E-state index in [9.17, 15) is 9.59 Å². The standard InChI is InChI=1S/C21H23N3O3/c1-12-5-9-16(10-6-12)22-11-17(25)23-24-21(26)20-15(4)18-13(2)7-8-14(3)19(18)27-20/h5-10,22H,11H2,1-4H3,(H,23,25)(H,24,26). The number of hydrogen-bond donors (Lipinski definition) is 3. The van der Waals surface area contributed by atoms with Crippen LogP contribution >= 0.6 is 0 Å². The van der Waals surface area contributed by atoms with Crippen molar-refractivity contribution in [3.8, 4) is 0 Å². The van der Waals surface area contributed by atoms with Crippen LogP contribution in [0.3, 0.4) is 0 Å². The van der Waals surface area contributed by atoms with Gasteiger partial charge in [-0.3, -0.25) is 20.4 Å². The summed E-state index contributed by atoms with van der Waals surface area (Å²) < 4.78 is 5.77. The summed E-state index contributed by atoms with van der Waals surface area (Å²) in [7, 11) is 0. The zero-order chi connectivity index (χ0) is 19.6. The van der Waals surface area contributed by atoms with E-state index >= 15 is 0 Å². The molecule has 0 fully saturated rings. The number of amides is 2. The van der Waals surface area contributed by atoms with Gasteiger partial charge in [0.15, 0.2) is 5.76 Å². The van der Waals surface area contributed by atoms with Gasteiger partial charge in [-0.15, -0.1) is 0 Å². The summed E-state index contributed by atoms with van der Waals surface area (Å²) in [6, 6.07) is 11.7. The molecule has 140 valence electrons. The van der Waals surface area contributed by atoms with Crippen LogP contribution in [0.4, 0.5) is 5.69 Å². The molecule has 3 rings (SSSR count). The Morgan fingerprint density at radius 2 is 1.56 bits per heavy atom. The van der Waals surface area contributed by atoms with Crippen molar-refractivity contribution < 1.29 is 14.0 Å². The number of furan rings is 1. The number of carbonyl (C=O) groups excluding carboxylic acids is 2. The lowest BCUT2D eigenvalue weighted by Gasteiger charge is -2.08. The molecule has 0 unspecified atom stereocenters. The Hall–Kier alpha value is -3.28. The van der Waals surface area contributed by atoms with Gasteiger partial charge in [-0.05, 0) is 51.0 Å². The Bertz CT molecular complexity index is 1000. The second-order valence-corrected chi connectivity index (χ2v) is 6.68. The van der Waals surface area contributed by atoms with Crippen molar-refractivity contribution in [3.63, 3.8) is 0 Å². The van der Waals surface area contributed by atoms with E-state index in [0.29, 0.717) is 5.58 Å². The number of anilines is 1. The number of rotatable bonds is 4. The summed E-state index contributed by atoms with van der Waals surface area (Å²) in [5, 5.41) is 3.93. The fourth-order valence-electron chi connectivity index (χ4n) is 2.97. The van der Waals surface area contributed by atoms with E-state index in [-0.39, 0.29) is 18.2 Å². The van der Waals surface area contributed by atoms with E-state index in [4.69, 9.17) is 4.42 Å².